The van der Waals surface area contributed by atoms with Crippen LogP contribution in [-0.2, 0) is 50.1 Å². The van der Waals surface area contributed by atoms with Crippen molar-refractivity contribution in [3.8, 4) is 0 Å². The maximum Gasteiger partial charge on any atom is 0.414 e. The summed E-state index contributed by atoms with van der Waals surface area (Å²) in [5, 5.41) is 2.61. The van der Waals surface area contributed by atoms with Crippen molar-refractivity contribution in [2.45, 2.75) is 52.7 Å². The number of hydrogen-bond donors (Lipinski definition) is 2. The summed E-state index contributed by atoms with van der Waals surface area (Å²) in [6.07, 6.45) is 2.14. The lowest BCUT2D eigenvalue weighted by molar-refractivity contribution is -0.146. The minimum Gasteiger partial charge on any atom is -0.459 e. The number of fused-ring (bicyclic) bond motifs is 2. The van der Waals surface area contributed by atoms with E-state index in [1.807, 2.05) is 60.7 Å². The molecule has 266 valence electrons. The zero-order valence-electron chi connectivity index (χ0n) is 27.6. The van der Waals surface area contributed by atoms with E-state index in [1.165, 1.54) is 21.8 Å². The number of anilines is 2. The number of ether oxygens (including phenoxy) is 3. The number of halogens is 2. The number of rotatable bonds is 9. The van der Waals surface area contributed by atoms with Crippen LogP contribution in [-0.4, -0.2) is 62.7 Å². The molecule has 3 N–H and O–H groups in total. The van der Waals surface area contributed by atoms with Crippen molar-refractivity contribution >= 4 is 75.5 Å². The molecule has 4 aromatic heterocycles. The number of amides is 1. The van der Waals surface area contributed by atoms with E-state index in [9.17, 15) is 14.4 Å². The zero-order valence-corrected chi connectivity index (χ0v) is 29.1. The fourth-order valence-electron chi connectivity index (χ4n) is 4.36. The summed E-state index contributed by atoms with van der Waals surface area (Å²) in [5.74, 6) is -0.908. The van der Waals surface area contributed by atoms with E-state index in [-0.39, 0.29) is 55.6 Å². The van der Waals surface area contributed by atoms with E-state index in [0.29, 0.717) is 16.7 Å². The Morgan fingerprint density at radius 1 is 0.745 bits per heavy atom. The largest absolute Gasteiger partial charge is 0.459 e. The van der Waals surface area contributed by atoms with Crippen LogP contribution in [0.5, 0.6) is 0 Å². The Kier molecular flexibility index (Phi) is 11.6. The molecule has 0 aliphatic carbocycles. The lowest BCUT2D eigenvalue weighted by Gasteiger charge is -2.19. The highest BCUT2D eigenvalue weighted by molar-refractivity contribution is 6.34. The summed E-state index contributed by atoms with van der Waals surface area (Å²) in [5.41, 5.74) is 8.05. The monoisotopic (exact) mass is 737 g/mol. The Morgan fingerprint density at radius 3 is 1.71 bits per heavy atom. The molecule has 6 rings (SSSR count). The third-order valence-corrected chi connectivity index (χ3v) is 7.08. The van der Waals surface area contributed by atoms with Crippen molar-refractivity contribution in [2.24, 2.45) is 0 Å². The van der Waals surface area contributed by atoms with Crippen LogP contribution < -0.4 is 11.1 Å². The molecule has 0 aliphatic rings. The molecular weight excluding hydrogens is 703 g/mol. The van der Waals surface area contributed by atoms with Crippen LogP contribution in [0, 0.1) is 0 Å². The molecule has 6 aromatic rings. The van der Waals surface area contributed by atoms with Crippen molar-refractivity contribution < 1.29 is 30.0 Å². The smallest absolute Gasteiger partial charge is 0.414 e. The zero-order chi connectivity index (χ0) is 36.5. The first kappa shape index (κ1) is 36.4. The number of benzene rings is 2. The Morgan fingerprint density at radius 2 is 1.22 bits per heavy atom. The topological polar surface area (TPSA) is 204 Å². The molecule has 0 unspecified atom stereocenters. The van der Waals surface area contributed by atoms with Gasteiger partial charge in [-0.15, -0.1) is 0 Å². The summed E-state index contributed by atoms with van der Waals surface area (Å²) in [6.45, 7) is 5.43. The van der Waals surface area contributed by atoms with E-state index in [0.717, 1.165) is 11.1 Å². The summed E-state index contributed by atoms with van der Waals surface area (Å²) in [6, 6.07) is 18.8. The molecule has 0 fully saturated rings. The van der Waals surface area contributed by atoms with Gasteiger partial charge in [-0.3, -0.25) is 14.9 Å². The second-order valence-electron chi connectivity index (χ2n) is 11.7. The van der Waals surface area contributed by atoms with Crippen molar-refractivity contribution in [2.75, 3.05) is 11.1 Å². The first-order valence-corrected chi connectivity index (χ1v) is 16.0. The quantitative estimate of drug-likeness (QED) is 0.105. The van der Waals surface area contributed by atoms with Gasteiger partial charge < -0.3 is 29.1 Å². The van der Waals surface area contributed by atoms with Gasteiger partial charge in [-0.05, 0) is 31.9 Å². The van der Waals surface area contributed by atoms with Crippen LogP contribution in [0.25, 0.3) is 22.3 Å². The fourth-order valence-corrected chi connectivity index (χ4v) is 4.80. The third kappa shape index (κ3) is 10.3. The van der Waals surface area contributed by atoms with Gasteiger partial charge in [0.1, 0.15) is 42.9 Å². The molecule has 18 heteroatoms. The number of nitrogens with two attached hydrogens (primary N) is 1. The maximum atomic E-state index is 12.2. The van der Waals surface area contributed by atoms with E-state index < -0.39 is 23.6 Å². The number of nitrogen functional groups attached to an aromatic ring is 1. The average molecular weight is 739 g/mol. The van der Waals surface area contributed by atoms with E-state index in [4.69, 9.17) is 43.1 Å². The Labute approximate surface area is 302 Å². The Balaban J connectivity index is 0.000000236. The summed E-state index contributed by atoms with van der Waals surface area (Å²) in [4.78, 5) is 60.3. The number of hydrogen-bond acceptors (Lipinski definition) is 13. The lowest BCUT2D eigenvalue weighted by atomic mass is 10.2. The average Bonchev–Trinajstić information content (AvgIpc) is 3.67. The molecule has 0 saturated carbocycles. The van der Waals surface area contributed by atoms with Crippen molar-refractivity contribution in [3.05, 3.63) is 94.8 Å². The third-order valence-electron chi connectivity index (χ3n) is 6.56. The molecule has 0 radical (unpaired) electrons. The van der Waals surface area contributed by atoms with Gasteiger partial charge in [0.2, 0.25) is 11.9 Å². The highest BCUT2D eigenvalue weighted by Crippen LogP contribution is 2.22. The Bertz CT molecular complexity index is 2160. The van der Waals surface area contributed by atoms with Gasteiger partial charge in [0.15, 0.2) is 21.6 Å². The number of imidazole rings is 2. The van der Waals surface area contributed by atoms with E-state index >= 15 is 0 Å². The summed E-state index contributed by atoms with van der Waals surface area (Å²) in [7, 11) is 0. The Hall–Kier alpha value is -5.87. The molecule has 1 amide bonds. The normalized spacial score (nSPS) is 11.1. The van der Waals surface area contributed by atoms with E-state index in [1.54, 1.807) is 20.8 Å². The molecule has 0 atom stereocenters. The minimum absolute atomic E-state index is 0. The van der Waals surface area contributed by atoms with Gasteiger partial charge in [0, 0.05) is 1.43 Å². The number of nitrogens with zero attached hydrogens (tertiary/aromatic N) is 8. The van der Waals surface area contributed by atoms with Crippen molar-refractivity contribution in [1.82, 2.24) is 39.0 Å². The minimum atomic E-state index is -0.721. The van der Waals surface area contributed by atoms with Crippen LogP contribution in [0.1, 0.15) is 33.3 Å². The number of nitrogens with one attached hydrogen (secondary N) is 1. The number of aromatic nitrogens is 8. The van der Waals surface area contributed by atoms with Gasteiger partial charge in [0.05, 0.1) is 12.7 Å². The second-order valence-corrected chi connectivity index (χ2v) is 12.4. The van der Waals surface area contributed by atoms with Gasteiger partial charge >= 0.3 is 18.0 Å². The van der Waals surface area contributed by atoms with Crippen LogP contribution >= 0.6 is 23.2 Å². The lowest BCUT2D eigenvalue weighted by Crippen LogP contribution is -2.27. The predicted octanol–water partition coefficient (Wildman–Crippen LogP) is 5.62. The number of carbonyl (C=O) groups excluding carboxylic acids is 3. The van der Waals surface area contributed by atoms with E-state index in [2.05, 4.69) is 35.2 Å². The van der Waals surface area contributed by atoms with Crippen LogP contribution in [0.4, 0.5) is 16.7 Å². The molecule has 0 spiro atoms. The van der Waals surface area contributed by atoms with Gasteiger partial charge in [-0.1, -0.05) is 83.9 Å². The fraction of sp³-hybridized carbons (Fsp3) is 0.242. The molecule has 4 heterocycles. The second kappa shape index (κ2) is 16.2. The maximum absolute atomic E-state index is 12.2. The molecule has 51 heavy (non-hydrogen) atoms. The van der Waals surface area contributed by atoms with Crippen LogP contribution in [0.15, 0.2) is 73.3 Å². The molecule has 0 bridgehead atoms. The number of carbonyl (C=O) groups is 3. The van der Waals surface area contributed by atoms with Gasteiger partial charge in [0.25, 0.3) is 0 Å². The first-order valence-electron chi connectivity index (χ1n) is 15.3. The molecule has 2 aromatic carbocycles. The van der Waals surface area contributed by atoms with Crippen molar-refractivity contribution in [1.29, 1.82) is 0 Å². The van der Waals surface area contributed by atoms with Gasteiger partial charge in [-0.25, -0.2) is 14.8 Å². The standard InChI is InChI=1S/C19H20ClN5O4.C14H12ClN5O2.H2/c1-19(2,3)29-18(27)24-17-22-15(20)14-16(23-17)25(11-21-14)9-13(26)28-10-12-7-5-4-6-8-12;15-12-11-13(19-14(16)18-12)20(8-17-11)6-10(21)22-7-9-4-2-1-3-5-9;/h4-8,11H,9-10H2,1-3H3,(H,22,23,24,27);1-5,8H,6-7H2,(H2,16,18,19);1H/i;;1+1. The summed E-state index contributed by atoms with van der Waals surface area (Å²) < 4.78 is 18.7. The molecular formula is C33H34Cl2N10O6. The summed E-state index contributed by atoms with van der Waals surface area (Å²) >= 11 is 12.1. The predicted molar refractivity (Wildman–Crippen MR) is 190 cm³/mol. The van der Waals surface area contributed by atoms with Gasteiger partial charge in [-0.2, -0.15) is 19.9 Å². The highest BCUT2D eigenvalue weighted by Gasteiger charge is 2.20. The molecule has 16 nitrogen and oxygen atoms in total. The van der Waals surface area contributed by atoms with Crippen LogP contribution in [0.2, 0.25) is 10.3 Å². The van der Waals surface area contributed by atoms with Crippen molar-refractivity contribution in [3.63, 3.8) is 0 Å². The molecule has 0 aliphatic heterocycles. The first-order chi connectivity index (χ1) is 24.3. The molecule has 0 saturated heterocycles. The SMILES string of the molecule is CC(C)(C)OC(=O)Nc1nc(Cl)c2ncn(CC(=O)OCc3ccccc3)c2n1.Nc1nc(Cl)c2ncn(CC(=O)OCc3ccccc3)c2n1.[2HH]. The van der Waals surface area contributed by atoms with Crippen LogP contribution in [0.3, 0.4) is 0 Å². The number of esters is 2. The highest BCUT2D eigenvalue weighted by atomic mass is 35.5.